The number of hydrogen-bond acceptors (Lipinski definition) is 6. The first kappa shape index (κ1) is 21.8. The molecular weight excluding hydrogens is 516 g/mol. The van der Waals surface area contributed by atoms with Crippen molar-refractivity contribution in [1.82, 2.24) is 9.97 Å². The number of carbonyl (C=O) groups excluding carboxylic acids is 1. The topological polar surface area (TPSA) is 80.9 Å². The highest BCUT2D eigenvalue weighted by Crippen LogP contribution is 2.39. The minimum atomic E-state index is -0.113. The Morgan fingerprint density at radius 1 is 0.970 bits per heavy atom. The maximum Gasteiger partial charge on any atom is 0.230 e. The van der Waals surface area contributed by atoms with Crippen LogP contribution in [-0.2, 0) is 11.2 Å². The molecule has 0 atom stereocenters. The van der Waals surface area contributed by atoms with E-state index in [0.29, 0.717) is 10.3 Å². The van der Waals surface area contributed by atoms with E-state index in [4.69, 9.17) is 10.7 Å². The fourth-order valence-corrected chi connectivity index (χ4v) is 5.59. The molecule has 0 bridgehead atoms. The van der Waals surface area contributed by atoms with Crippen LogP contribution in [-0.4, -0.2) is 15.9 Å². The Balaban J connectivity index is 1.43. The maximum atomic E-state index is 12.8. The number of aromatic nitrogens is 2. The van der Waals surface area contributed by atoms with E-state index in [2.05, 4.69) is 69.6 Å². The maximum absolute atomic E-state index is 12.8. The van der Waals surface area contributed by atoms with E-state index in [-0.39, 0.29) is 12.3 Å². The molecule has 0 spiro atoms. The lowest BCUT2D eigenvalue weighted by Gasteiger charge is -2.03. The van der Waals surface area contributed by atoms with Gasteiger partial charge in [-0.25, -0.2) is 9.97 Å². The molecule has 0 aliphatic carbocycles. The summed E-state index contributed by atoms with van der Waals surface area (Å²) < 4.78 is 1.99. The number of nitrogen functional groups attached to an aromatic ring is 1. The number of amides is 1. The van der Waals surface area contributed by atoms with Crippen LogP contribution < -0.4 is 11.1 Å². The van der Waals surface area contributed by atoms with E-state index in [1.807, 2.05) is 30.3 Å². The number of halogens is 1. The SMILES string of the molecule is Cc1ccc(-c2nc(NC(=O)Cc3ccc4nc(N)sc4c3)sc2-c2ccc(Br)cc2)cc1. The number of anilines is 2. The Morgan fingerprint density at radius 2 is 1.70 bits per heavy atom. The Morgan fingerprint density at radius 3 is 2.45 bits per heavy atom. The Kier molecular flexibility index (Phi) is 5.97. The molecule has 2 aromatic heterocycles. The third-order valence-corrected chi connectivity index (χ3v) is 7.53. The quantitative estimate of drug-likeness (QED) is 0.256. The lowest BCUT2D eigenvalue weighted by Crippen LogP contribution is -2.14. The minimum absolute atomic E-state index is 0.113. The fourth-order valence-electron chi connectivity index (χ4n) is 3.52. The second-order valence-corrected chi connectivity index (χ2v) is 10.6. The number of hydrogen-bond donors (Lipinski definition) is 2. The van der Waals surface area contributed by atoms with Crippen LogP contribution in [0.25, 0.3) is 31.9 Å². The molecular formula is C25H19BrN4OS2. The first-order chi connectivity index (χ1) is 15.9. The molecule has 0 aliphatic heterocycles. The van der Waals surface area contributed by atoms with Crippen LogP contribution in [0.5, 0.6) is 0 Å². The summed E-state index contributed by atoms with van der Waals surface area (Å²) in [5.74, 6) is -0.113. The van der Waals surface area contributed by atoms with E-state index < -0.39 is 0 Å². The molecule has 33 heavy (non-hydrogen) atoms. The number of benzene rings is 3. The Bertz CT molecular complexity index is 1390. The normalized spacial score (nSPS) is 11.1. The van der Waals surface area contributed by atoms with E-state index in [0.717, 1.165) is 42.0 Å². The summed E-state index contributed by atoms with van der Waals surface area (Å²) in [6.45, 7) is 2.06. The molecule has 0 unspecified atom stereocenters. The number of nitrogens with two attached hydrogens (primary N) is 1. The lowest BCUT2D eigenvalue weighted by atomic mass is 10.1. The summed E-state index contributed by atoms with van der Waals surface area (Å²) in [6.07, 6.45) is 0.251. The highest BCUT2D eigenvalue weighted by atomic mass is 79.9. The van der Waals surface area contributed by atoms with E-state index in [9.17, 15) is 4.79 Å². The predicted octanol–water partition coefficient (Wildman–Crippen LogP) is 6.92. The molecule has 164 valence electrons. The highest BCUT2D eigenvalue weighted by Gasteiger charge is 2.17. The van der Waals surface area contributed by atoms with Crippen molar-refractivity contribution in [3.63, 3.8) is 0 Å². The standard InChI is InChI=1S/C25H19BrN4OS2/c1-14-2-5-16(6-3-14)22-23(17-7-9-18(26)10-8-17)33-25(30-22)29-21(31)13-15-4-11-19-20(12-15)32-24(27)28-19/h2-12H,13H2,1H3,(H2,27,28)(H,29,30,31). The van der Waals surface area contributed by atoms with Gasteiger partial charge in [-0.1, -0.05) is 86.6 Å². The smallest absolute Gasteiger partial charge is 0.230 e. The van der Waals surface area contributed by atoms with Gasteiger partial charge in [0.05, 0.1) is 27.2 Å². The van der Waals surface area contributed by atoms with Gasteiger partial charge in [0.2, 0.25) is 5.91 Å². The molecule has 0 aliphatic rings. The van der Waals surface area contributed by atoms with Crippen molar-refractivity contribution in [2.75, 3.05) is 11.1 Å². The third kappa shape index (κ3) is 4.83. The number of thiazole rings is 2. The molecule has 0 saturated heterocycles. The van der Waals surface area contributed by atoms with E-state index >= 15 is 0 Å². The molecule has 8 heteroatoms. The number of fused-ring (bicyclic) bond motifs is 1. The Labute approximate surface area is 207 Å². The van der Waals surface area contributed by atoms with Gasteiger partial charge in [-0.3, -0.25) is 4.79 Å². The van der Waals surface area contributed by atoms with Crippen LogP contribution in [0.2, 0.25) is 0 Å². The van der Waals surface area contributed by atoms with E-state index in [1.54, 1.807) is 0 Å². The zero-order valence-electron chi connectivity index (χ0n) is 17.6. The van der Waals surface area contributed by atoms with Gasteiger partial charge in [-0.05, 0) is 42.3 Å². The zero-order valence-corrected chi connectivity index (χ0v) is 20.9. The minimum Gasteiger partial charge on any atom is -0.375 e. The fraction of sp³-hybridized carbons (Fsp3) is 0.0800. The summed E-state index contributed by atoms with van der Waals surface area (Å²) in [4.78, 5) is 22.9. The van der Waals surface area contributed by atoms with Crippen molar-refractivity contribution < 1.29 is 4.79 Å². The van der Waals surface area contributed by atoms with Gasteiger partial charge >= 0.3 is 0 Å². The van der Waals surface area contributed by atoms with Crippen LogP contribution in [0, 0.1) is 6.92 Å². The van der Waals surface area contributed by atoms with Crippen LogP contribution in [0.3, 0.4) is 0 Å². The number of aryl methyl sites for hydroxylation is 1. The van der Waals surface area contributed by atoms with Crippen molar-refractivity contribution >= 4 is 65.0 Å². The summed E-state index contributed by atoms with van der Waals surface area (Å²) >= 11 is 6.40. The van der Waals surface area contributed by atoms with Crippen LogP contribution in [0.1, 0.15) is 11.1 Å². The van der Waals surface area contributed by atoms with Gasteiger partial charge in [0.1, 0.15) is 0 Å². The third-order valence-electron chi connectivity index (χ3n) is 5.14. The number of nitrogens with one attached hydrogen (secondary N) is 1. The first-order valence-corrected chi connectivity index (χ1v) is 12.7. The first-order valence-electron chi connectivity index (χ1n) is 10.2. The average Bonchev–Trinajstić information content (AvgIpc) is 3.37. The zero-order chi connectivity index (χ0) is 22.9. The van der Waals surface area contributed by atoms with Crippen molar-refractivity contribution in [2.24, 2.45) is 0 Å². The molecule has 0 fully saturated rings. The summed E-state index contributed by atoms with van der Waals surface area (Å²) in [7, 11) is 0. The van der Waals surface area contributed by atoms with Crippen molar-refractivity contribution in [3.8, 4) is 21.7 Å². The second-order valence-electron chi connectivity index (χ2n) is 7.65. The molecule has 5 rings (SSSR count). The van der Waals surface area contributed by atoms with Crippen LogP contribution >= 0.6 is 38.6 Å². The molecule has 2 heterocycles. The highest BCUT2D eigenvalue weighted by molar-refractivity contribution is 9.10. The number of nitrogens with zero attached hydrogens (tertiary/aromatic N) is 2. The van der Waals surface area contributed by atoms with E-state index in [1.165, 1.54) is 28.2 Å². The summed E-state index contributed by atoms with van der Waals surface area (Å²) in [6, 6.07) is 22.2. The summed E-state index contributed by atoms with van der Waals surface area (Å²) in [5.41, 5.74) is 11.7. The summed E-state index contributed by atoms with van der Waals surface area (Å²) in [5, 5.41) is 4.10. The molecule has 5 aromatic rings. The Hall–Kier alpha value is -3.07. The molecule has 0 saturated carbocycles. The van der Waals surface area contributed by atoms with Crippen molar-refractivity contribution in [1.29, 1.82) is 0 Å². The van der Waals surface area contributed by atoms with Gasteiger partial charge < -0.3 is 11.1 Å². The number of rotatable bonds is 5. The molecule has 3 aromatic carbocycles. The van der Waals surface area contributed by atoms with Gasteiger partial charge in [-0.2, -0.15) is 0 Å². The predicted molar refractivity (Wildman–Crippen MR) is 142 cm³/mol. The van der Waals surface area contributed by atoms with Crippen molar-refractivity contribution in [3.05, 3.63) is 82.3 Å². The van der Waals surface area contributed by atoms with Crippen molar-refractivity contribution in [2.45, 2.75) is 13.3 Å². The lowest BCUT2D eigenvalue weighted by molar-refractivity contribution is -0.115. The van der Waals surface area contributed by atoms with Gasteiger partial charge in [0.15, 0.2) is 10.3 Å². The molecule has 0 radical (unpaired) electrons. The van der Waals surface area contributed by atoms with Gasteiger partial charge in [-0.15, -0.1) is 0 Å². The van der Waals surface area contributed by atoms with Gasteiger partial charge in [0.25, 0.3) is 0 Å². The largest absolute Gasteiger partial charge is 0.375 e. The second kappa shape index (κ2) is 9.05. The van der Waals surface area contributed by atoms with Gasteiger partial charge in [0, 0.05) is 10.0 Å². The van der Waals surface area contributed by atoms with Crippen LogP contribution in [0.4, 0.5) is 10.3 Å². The monoisotopic (exact) mass is 534 g/mol. The number of carbonyl (C=O) groups is 1. The average molecular weight is 535 g/mol. The molecule has 3 N–H and O–H groups in total. The molecule has 1 amide bonds. The van der Waals surface area contributed by atoms with Crippen LogP contribution in [0.15, 0.2) is 71.2 Å². The molecule has 5 nitrogen and oxygen atoms in total.